The van der Waals surface area contributed by atoms with Crippen molar-refractivity contribution in [3.05, 3.63) is 45.2 Å². The molecule has 2 aromatic rings. The Morgan fingerprint density at radius 1 is 1.31 bits per heavy atom. The molecule has 2 N–H and O–H groups in total. The Morgan fingerprint density at radius 2 is 2.04 bits per heavy atom. The van der Waals surface area contributed by atoms with Gasteiger partial charge in [0.1, 0.15) is 5.82 Å². The van der Waals surface area contributed by atoms with Crippen LogP contribution in [0.25, 0.3) is 0 Å². The van der Waals surface area contributed by atoms with E-state index in [2.05, 4.69) is 22.5 Å². The zero-order valence-corrected chi connectivity index (χ0v) is 16.5. The third-order valence-corrected chi connectivity index (χ3v) is 6.19. The highest BCUT2D eigenvalue weighted by atomic mass is 35.5. The first-order valence-corrected chi connectivity index (χ1v) is 10.1. The molecular weight excluding hydrogens is 373 g/mol. The van der Waals surface area contributed by atoms with Crippen molar-refractivity contribution in [2.75, 3.05) is 11.9 Å². The molecule has 7 heteroatoms. The number of amides is 1. The van der Waals surface area contributed by atoms with Crippen LogP contribution in [0.3, 0.4) is 0 Å². The maximum atomic E-state index is 13.8. The van der Waals surface area contributed by atoms with E-state index in [0.717, 1.165) is 43.1 Å². The van der Waals surface area contributed by atoms with Crippen LogP contribution in [-0.4, -0.2) is 23.5 Å². The van der Waals surface area contributed by atoms with Crippen LogP contribution in [0.15, 0.2) is 18.2 Å². The lowest BCUT2D eigenvalue weighted by Crippen LogP contribution is -2.38. The number of hydrogen-bond donors (Lipinski definition) is 2. The molecule has 0 bridgehead atoms. The van der Waals surface area contributed by atoms with Crippen molar-refractivity contribution in [3.8, 4) is 0 Å². The summed E-state index contributed by atoms with van der Waals surface area (Å²) in [6, 6.07) is 4.13. The van der Waals surface area contributed by atoms with Gasteiger partial charge in [0.2, 0.25) is 0 Å². The fourth-order valence-electron chi connectivity index (χ4n) is 3.23. The van der Waals surface area contributed by atoms with Crippen molar-refractivity contribution in [3.63, 3.8) is 0 Å². The number of hydrogen-bond acceptors (Lipinski definition) is 4. The zero-order chi connectivity index (χ0) is 18.7. The van der Waals surface area contributed by atoms with E-state index in [1.807, 2.05) is 6.92 Å². The van der Waals surface area contributed by atoms with Crippen molar-refractivity contribution in [2.24, 2.45) is 5.92 Å². The molecule has 1 fully saturated rings. The Kier molecular flexibility index (Phi) is 6.14. The number of thiazole rings is 1. The predicted octanol–water partition coefficient (Wildman–Crippen LogP) is 4.95. The molecule has 1 heterocycles. The first kappa shape index (κ1) is 19.1. The van der Waals surface area contributed by atoms with E-state index >= 15 is 0 Å². The van der Waals surface area contributed by atoms with Crippen molar-refractivity contribution >= 4 is 34.0 Å². The molecule has 1 aliphatic carbocycles. The van der Waals surface area contributed by atoms with Crippen molar-refractivity contribution in [1.82, 2.24) is 10.3 Å². The second-order valence-electron chi connectivity index (χ2n) is 6.86. The topological polar surface area (TPSA) is 54.0 Å². The number of nitrogens with zero attached hydrogens (tertiary/aromatic N) is 1. The minimum atomic E-state index is -0.543. The summed E-state index contributed by atoms with van der Waals surface area (Å²) in [5, 5.41) is 7.71. The second-order valence-corrected chi connectivity index (χ2v) is 8.50. The third-order valence-electron chi connectivity index (χ3n) is 4.93. The standard InChI is InChI=1S/C19H23ClFN3OS/c1-11-12(2)26-19(23-11)22-10-13-3-6-15(7-4-13)24-18(25)16-9-14(20)5-8-17(16)21/h5,8-9,13,15H,3-4,6-7,10H2,1-2H3,(H,22,23)(H,24,25). The van der Waals surface area contributed by atoms with Crippen LogP contribution < -0.4 is 10.6 Å². The van der Waals surface area contributed by atoms with Gasteiger partial charge >= 0.3 is 0 Å². The van der Waals surface area contributed by atoms with Gasteiger partial charge in [-0.25, -0.2) is 9.37 Å². The fourth-order valence-corrected chi connectivity index (χ4v) is 4.22. The van der Waals surface area contributed by atoms with E-state index in [-0.39, 0.29) is 17.5 Å². The van der Waals surface area contributed by atoms with Gasteiger partial charge in [-0.2, -0.15) is 0 Å². The number of carbonyl (C=O) groups excluding carboxylic acids is 1. The molecule has 3 rings (SSSR count). The molecule has 0 radical (unpaired) electrons. The van der Waals surface area contributed by atoms with Crippen molar-refractivity contribution < 1.29 is 9.18 Å². The molecule has 0 spiro atoms. The molecule has 0 saturated heterocycles. The van der Waals surface area contributed by atoms with Gasteiger partial charge < -0.3 is 10.6 Å². The average Bonchev–Trinajstić information content (AvgIpc) is 2.94. The summed E-state index contributed by atoms with van der Waals surface area (Å²) in [6.45, 7) is 5.00. The number of rotatable bonds is 5. The summed E-state index contributed by atoms with van der Waals surface area (Å²) >= 11 is 7.55. The number of aromatic nitrogens is 1. The molecule has 1 aromatic carbocycles. The molecule has 26 heavy (non-hydrogen) atoms. The Labute approximate surface area is 162 Å². The first-order valence-electron chi connectivity index (χ1n) is 8.86. The molecule has 140 valence electrons. The van der Waals surface area contributed by atoms with Gasteiger partial charge in [0, 0.05) is 22.5 Å². The Bertz CT molecular complexity index is 768. The second kappa shape index (κ2) is 8.35. The number of carbonyl (C=O) groups is 1. The maximum absolute atomic E-state index is 13.8. The van der Waals surface area contributed by atoms with E-state index in [1.54, 1.807) is 11.3 Å². The van der Waals surface area contributed by atoms with Crippen LogP contribution in [0.5, 0.6) is 0 Å². The predicted molar refractivity (Wildman–Crippen MR) is 105 cm³/mol. The summed E-state index contributed by atoms with van der Waals surface area (Å²) in [6.07, 6.45) is 3.85. The summed E-state index contributed by atoms with van der Waals surface area (Å²) in [7, 11) is 0. The number of halogens is 2. The summed E-state index contributed by atoms with van der Waals surface area (Å²) in [5.41, 5.74) is 1.09. The molecule has 1 saturated carbocycles. The largest absolute Gasteiger partial charge is 0.361 e. The summed E-state index contributed by atoms with van der Waals surface area (Å²) in [4.78, 5) is 18.0. The Hall–Kier alpha value is -1.66. The van der Waals surface area contributed by atoms with Crippen LogP contribution in [0.2, 0.25) is 5.02 Å². The third kappa shape index (κ3) is 4.74. The van der Waals surface area contributed by atoms with Crippen molar-refractivity contribution in [2.45, 2.75) is 45.6 Å². The SMILES string of the molecule is Cc1nc(NCC2CCC(NC(=O)c3cc(Cl)ccc3F)CC2)sc1C. The van der Waals surface area contributed by atoms with Gasteiger partial charge in [-0.05, 0) is 63.6 Å². The molecular formula is C19H23ClFN3OS. The molecule has 0 aliphatic heterocycles. The van der Waals surface area contributed by atoms with Crippen LogP contribution >= 0.6 is 22.9 Å². The fraction of sp³-hybridized carbons (Fsp3) is 0.474. The van der Waals surface area contributed by atoms with Crippen LogP contribution in [0.4, 0.5) is 9.52 Å². The normalized spacial score (nSPS) is 20.0. The number of benzene rings is 1. The zero-order valence-electron chi connectivity index (χ0n) is 14.9. The van der Waals surface area contributed by atoms with Crippen LogP contribution in [0, 0.1) is 25.6 Å². The highest BCUT2D eigenvalue weighted by Gasteiger charge is 2.24. The molecule has 4 nitrogen and oxygen atoms in total. The van der Waals surface area contributed by atoms with E-state index in [4.69, 9.17) is 11.6 Å². The average molecular weight is 396 g/mol. The Morgan fingerprint density at radius 3 is 2.69 bits per heavy atom. The maximum Gasteiger partial charge on any atom is 0.254 e. The minimum absolute atomic E-state index is 0.01000. The van der Waals surface area contributed by atoms with E-state index in [1.165, 1.54) is 23.1 Å². The monoisotopic (exact) mass is 395 g/mol. The van der Waals surface area contributed by atoms with Crippen LogP contribution in [0.1, 0.15) is 46.6 Å². The smallest absolute Gasteiger partial charge is 0.254 e. The van der Waals surface area contributed by atoms with E-state index in [0.29, 0.717) is 10.9 Å². The molecule has 1 amide bonds. The van der Waals surface area contributed by atoms with Gasteiger partial charge in [-0.15, -0.1) is 11.3 Å². The van der Waals surface area contributed by atoms with Crippen molar-refractivity contribution in [1.29, 1.82) is 0 Å². The Balaban J connectivity index is 1.46. The van der Waals surface area contributed by atoms with E-state index in [9.17, 15) is 9.18 Å². The highest BCUT2D eigenvalue weighted by molar-refractivity contribution is 7.15. The molecule has 1 aliphatic rings. The van der Waals surface area contributed by atoms with Gasteiger partial charge in [-0.3, -0.25) is 4.79 Å². The van der Waals surface area contributed by atoms with Gasteiger partial charge in [0.25, 0.3) is 5.91 Å². The number of aryl methyl sites for hydroxylation is 2. The molecule has 0 unspecified atom stereocenters. The van der Waals surface area contributed by atoms with Gasteiger partial charge in [0.05, 0.1) is 11.3 Å². The highest BCUT2D eigenvalue weighted by Crippen LogP contribution is 2.27. The lowest BCUT2D eigenvalue weighted by molar-refractivity contribution is 0.0918. The molecule has 0 atom stereocenters. The molecule has 1 aromatic heterocycles. The first-order chi connectivity index (χ1) is 12.4. The summed E-state index contributed by atoms with van der Waals surface area (Å²) in [5.74, 6) is -0.366. The number of nitrogens with one attached hydrogen (secondary N) is 2. The number of anilines is 1. The van der Waals surface area contributed by atoms with E-state index < -0.39 is 5.82 Å². The quantitative estimate of drug-likeness (QED) is 0.752. The van der Waals surface area contributed by atoms with Gasteiger partial charge in [0.15, 0.2) is 5.13 Å². The lowest BCUT2D eigenvalue weighted by atomic mass is 9.86. The van der Waals surface area contributed by atoms with Crippen LogP contribution in [-0.2, 0) is 0 Å². The lowest BCUT2D eigenvalue weighted by Gasteiger charge is -2.29. The van der Waals surface area contributed by atoms with Gasteiger partial charge in [-0.1, -0.05) is 11.6 Å². The summed E-state index contributed by atoms with van der Waals surface area (Å²) < 4.78 is 13.8. The minimum Gasteiger partial charge on any atom is -0.361 e.